The number of aliphatic imine (C=N–C) groups is 1. The molecule has 1 aliphatic rings. The predicted octanol–water partition coefficient (Wildman–Crippen LogP) is 4.93. The maximum Gasteiger partial charge on any atom is 0.264 e. The number of nitrogens with zero attached hydrogens (tertiary/aromatic N) is 2. The summed E-state index contributed by atoms with van der Waals surface area (Å²) in [5, 5.41) is 14.1. The van der Waals surface area contributed by atoms with Gasteiger partial charge in [0.2, 0.25) is 0 Å². The van der Waals surface area contributed by atoms with Gasteiger partial charge in [-0.2, -0.15) is 0 Å². The first-order chi connectivity index (χ1) is 13.5. The van der Waals surface area contributed by atoms with Gasteiger partial charge in [0.25, 0.3) is 5.91 Å². The topological polar surface area (TPSA) is 74.6 Å². The summed E-state index contributed by atoms with van der Waals surface area (Å²) in [6, 6.07) is 12.7. The minimum absolute atomic E-state index is 0.0725. The van der Waals surface area contributed by atoms with Gasteiger partial charge in [0, 0.05) is 11.6 Å². The second kappa shape index (κ2) is 7.93. The number of thioether (sulfide) groups is 1. The Morgan fingerprint density at radius 2 is 1.96 bits per heavy atom. The van der Waals surface area contributed by atoms with Crippen LogP contribution >= 0.6 is 35.0 Å². The van der Waals surface area contributed by atoms with E-state index >= 15 is 0 Å². The molecule has 2 aromatic carbocycles. The van der Waals surface area contributed by atoms with Crippen LogP contribution in [-0.2, 0) is 11.4 Å². The molecule has 0 atom stereocenters. The fourth-order valence-electron chi connectivity index (χ4n) is 2.70. The normalized spacial score (nSPS) is 16.9. The van der Waals surface area contributed by atoms with Crippen molar-refractivity contribution in [1.82, 2.24) is 10.3 Å². The molecule has 8 heteroatoms. The highest BCUT2D eigenvalue weighted by Gasteiger charge is 2.24. The zero-order chi connectivity index (χ0) is 19.7. The van der Waals surface area contributed by atoms with Gasteiger partial charge in [-0.25, -0.2) is 4.99 Å². The Morgan fingerprint density at radius 1 is 1.18 bits per heavy atom. The lowest BCUT2D eigenvalue weighted by Crippen LogP contribution is -2.19. The fraction of sp³-hybridized carbons (Fsp3) is 0.0500. The molecule has 1 aromatic heterocycles. The van der Waals surface area contributed by atoms with Crippen molar-refractivity contribution in [3.8, 4) is 0 Å². The predicted molar refractivity (Wildman–Crippen MR) is 115 cm³/mol. The molecule has 3 aromatic rings. The summed E-state index contributed by atoms with van der Waals surface area (Å²) < 4.78 is 0. The molecule has 0 spiro atoms. The zero-order valence-electron chi connectivity index (χ0n) is 14.3. The van der Waals surface area contributed by atoms with Gasteiger partial charge in [0.15, 0.2) is 5.17 Å². The van der Waals surface area contributed by atoms with Crippen LogP contribution in [-0.4, -0.2) is 21.2 Å². The van der Waals surface area contributed by atoms with Gasteiger partial charge in [0.05, 0.1) is 27.1 Å². The smallest absolute Gasteiger partial charge is 0.264 e. The molecule has 140 valence electrons. The molecule has 2 heterocycles. The monoisotopic (exact) mass is 429 g/mol. The summed E-state index contributed by atoms with van der Waals surface area (Å²) in [6.45, 7) is -0.0725. The second-order valence-electron chi connectivity index (χ2n) is 6.01. The lowest BCUT2D eigenvalue weighted by atomic mass is 10.1. The quantitative estimate of drug-likeness (QED) is 0.579. The van der Waals surface area contributed by atoms with Crippen molar-refractivity contribution in [1.29, 1.82) is 0 Å². The number of aliphatic hydroxyl groups excluding tert-OH is 1. The number of pyridine rings is 1. The van der Waals surface area contributed by atoms with Crippen molar-refractivity contribution in [2.24, 2.45) is 4.99 Å². The Labute approximate surface area is 175 Å². The number of aromatic nitrogens is 1. The van der Waals surface area contributed by atoms with Crippen LogP contribution in [0.25, 0.3) is 17.0 Å². The minimum Gasteiger partial charge on any atom is -0.392 e. The molecule has 0 aliphatic carbocycles. The first kappa shape index (κ1) is 19.0. The van der Waals surface area contributed by atoms with E-state index in [1.54, 1.807) is 30.5 Å². The third-order valence-electron chi connectivity index (χ3n) is 4.04. The summed E-state index contributed by atoms with van der Waals surface area (Å²) in [6.07, 6.45) is 3.42. The molecule has 1 saturated heterocycles. The number of hydrogen-bond donors (Lipinski definition) is 2. The summed E-state index contributed by atoms with van der Waals surface area (Å²) in [4.78, 5) is 21.5. The van der Waals surface area contributed by atoms with Crippen molar-refractivity contribution in [2.45, 2.75) is 6.61 Å². The number of para-hydroxylation sites is 1. The van der Waals surface area contributed by atoms with Crippen molar-refractivity contribution >= 4 is 68.7 Å². The zero-order valence-corrected chi connectivity index (χ0v) is 16.6. The summed E-state index contributed by atoms with van der Waals surface area (Å²) in [5.74, 6) is -0.241. The largest absolute Gasteiger partial charge is 0.392 e. The van der Waals surface area contributed by atoms with Crippen LogP contribution in [0.5, 0.6) is 0 Å². The highest BCUT2D eigenvalue weighted by atomic mass is 35.5. The highest BCUT2D eigenvalue weighted by Crippen LogP contribution is 2.35. The van der Waals surface area contributed by atoms with E-state index in [9.17, 15) is 9.90 Å². The van der Waals surface area contributed by atoms with Gasteiger partial charge >= 0.3 is 0 Å². The average molecular weight is 430 g/mol. The van der Waals surface area contributed by atoms with Gasteiger partial charge in [-0.15, -0.1) is 0 Å². The van der Waals surface area contributed by atoms with Gasteiger partial charge in [-0.1, -0.05) is 35.3 Å². The third-order valence-corrected chi connectivity index (χ3v) is 5.56. The fourth-order valence-corrected chi connectivity index (χ4v) is 4.01. The number of carbonyl (C=O) groups is 1. The van der Waals surface area contributed by atoms with Crippen LogP contribution in [0.2, 0.25) is 10.0 Å². The first-order valence-corrected chi connectivity index (χ1v) is 9.84. The number of carbonyl (C=O) groups excluding carboxylic acids is 1. The molecule has 0 unspecified atom stereocenters. The summed E-state index contributed by atoms with van der Waals surface area (Å²) in [5.41, 5.74) is 2.82. The van der Waals surface area contributed by atoms with Crippen molar-refractivity contribution < 1.29 is 9.90 Å². The van der Waals surface area contributed by atoms with Crippen LogP contribution in [0.4, 0.5) is 5.69 Å². The maximum absolute atomic E-state index is 12.3. The number of fused-ring (bicyclic) bond motifs is 1. The molecule has 0 radical (unpaired) electrons. The number of amidine groups is 1. The van der Waals surface area contributed by atoms with Crippen molar-refractivity contribution in [3.05, 3.63) is 74.7 Å². The lowest BCUT2D eigenvalue weighted by Gasteiger charge is -2.02. The van der Waals surface area contributed by atoms with Gasteiger partial charge in [-0.05, 0) is 59.3 Å². The second-order valence-corrected chi connectivity index (χ2v) is 7.85. The number of hydrogen-bond acceptors (Lipinski definition) is 5. The van der Waals surface area contributed by atoms with Crippen molar-refractivity contribution in [2.75, 3.05) is 0 Å². The number of benzene rings is 2. The van der Waals surface area contributed by atoms with E-state index < -0.39 is 0 Å². The number of rotatable bonds is 3. The summed E-state index contributed by atoms with van der Waals surface area (Å²) in [7, 11) is 0. The van der Waals surface area contributed by atoms with E-state index in [1.807, 2.05) is 24.3 Å². The van der Waals surface area contributed by atoms with Crippen LogP contribution in [0.1, 0.15) is 11.1 Å². The average Bonchev–Trinajstić information content (AvgIpc) is 3.03. The Balaban J connectivity index is 1.64. The Kier molecular flexibility index (Phi) is 5.37. The lowest BCUT2D eigenvalue weighted by molar-refractivity contribution is -0.115. The molecule has 5 nitrogen and oxygen atoms in total. The molecule has 4 rings (SSSR count). The molecule has 1 aliphatic heterocycles. The molecule has 0 saturated carbocycles. The third kappa shape index (κ3) is 3.91. The maximum atomic E-state index is 12.3. The van der Waals surface area contributed by atoms with E-state index in [-0.39, 0.29) is 12.5 Å². The van der Waals surface area contributed by atoms with Gasteiger partial charge < -0.3 is 10.4 Å². The summed E-state index contributed by atoms with van der Waals surface area (Å²) >= 11 is 13.5. The minimum atomic E-state index is -0.241. The van der Waals surface area contributed by atoms with E-state index in [4.69, 9.17) is 23.2 Å². The Hall–Kier alpha value is -2.38. The van der Waals surface area contributed by atoms with E-state index in [0.717, 1.165) is 22.0 Å². The van der Waals surface area contributed by atoms with Crippen molar-refractivity contribution in [3.63, 3.8) is 0 Å². The molecular weight excluding hydrogens is 417 g/mol. The van der Waals surface area contributed by atoms with E-state index in [1.165, 1.54) is 11.8 Å². The van der Waals surface area contributed by atoms with E-state index in [2.05, 4.69) is 15.3 Å². The number of aliphatic hydroxyl groups is 1. The molecule has 2 N–H and O–H groups in total. The first-order valence-electron chi connectivity index (χ1n) is 8.26. The Morgan fingerprint density at radius 3 is 2.71 bits per heavy atom. The SMILES string of the molecule is O=C1NC(=Nc2c(Cl)cccc2Cl)S/C1=C\c1ccc2ncc(CO)cc2c1. The van der Waals surface area contributed by atoms with Crippen LogP contribution in [0.15, 0.2) is 58.6 Å². The molecule has 1 amide bonds. The molecular formula is C20H13Cl2N3O2S. The van der Waals surface area contributed by atoms with Crippen LogP contribution in [0, 0.1) is 0 Å². The number of nitrogens with one attached hydrogen (secondary N) is 1. The molecule has 0 bridgehead atoms. The van der Waals surface area contributed by atoms with Crippen LogP contribution in [0.3, 0.4) is 0 Å². The number of amides is 1. The molecule has 28 heavy (non-hydrogen) atoms. The van der Waals surface area contributed by atoms with Gasteiger partial charge in [0.1, 0.15) is 5.69 Å². The molecule has 1 fully saturated rings. The van der Waals surface area contributed by atoms with Gasteiger partial charge in [-0.3, -0.25) is 9.78 Å². The highest BCUT2D eigenvalue weighted by molar-refractivity contribution is 8.18. The standard InChI is InChI=1S/C20H13Cl2N3O2S/c21-14-2-1-3-15(22)18(14)24-20-25-19(27)17(28-20)8-11-4-5-16-13(6-11)7-12(10-26)9-23-16/h1-9,26H,10H2,(H,24,25,27)/b17-8-. The Bertz CT molecular complexity index is 1140. The number of halogens is 2. The van der Waals surface area contributed by atoms with E-state index in [0.29, 0.717) is 25.8 Å². The van der Waals surface area contributed by atoms with Crippen LogP contribution < -0.4 is 5.32 Å².